The molecule has 6 heteroatoms. The van der Waals surface area contributed by atoms with Gasteiger partial charge in [-0.15, -0.1) is 0 Å². The van der Waals surface area contributed by atoms with Crippen LogP contribution in [-0.2, 0) is 0 Å². The van der Waals surface area contributed by atoms with Gasteiger partial charge in [-0.05, 0) is 75.3 Å². The molecule has 1 N–H and O–H groups in total. The number of hydrogen-bond donors (Lipinski definition) is 1. The van der Waals surface area contributed by atoms with E-state index in [-0.39, 0.29) is 5.82 Å². The molecule has 2 aromatic heterocycles. The first-order valence-corrected chi connectivity index (χ1v) is 10.7. The average molecular weight is 416 g/mol. The Labute approximate surface area is 181 Å². The molecule has 0 spiro atoms. The van der Waals surface area contributed by atoms with Crippen LogP contribution in [0.2, 0.25) is 0 Å². The van der Waals surface area contributed by atoms with E-state index in [1.165, 1.54) is 17.7 Å². The third-order valence-corrected chi connectivity index (χ3v) is 6.08. The molecule has 5 rings (SSSR count). The Balaban J connectivity index is 1.66. The first-order valence-electron chi connectivity index (χ1n) is 10.7. The van der Waals surface area contributed by atoms with Gasteiger partial charge in [0.1, 0.15) is 18.0 Å². The lowest BCUT2D eigenvalue weighted by molar-refractivity contribution is 0.264. The zero-order chi connectivity index (χ0) is 21.4. The Morgan fingerprint density at radius 1 is 1.03 bits per heavy atom. The van der Waals surface area contributed by atoms with Crippen LogP contribution in [0.3, 0.4) is 0 Å². The van der Waals surface area contributed by atoms with E-state index in [2.05, 4.69) is 63.1 Å². The Hall–Kier alpha value is -3.25. The number of fused-ring (bicyclic) bond motifs is 1. The number of anilines is 1. The first kappa shape index (κ1) is 19.7. The summed E-state index contributed by atoms with van der Waals surface area (Å²) in [5.74, 6) is 0.595. The smallest absolute Gasteiger partial charge is 0.150 e. The van der Waals surface area contributed by atoms with Crippen molar-refractivity contribution in [2.45, 2.75) is 25.8 Å². The molecule has 1 fully saturated rings. The maximum Gasteiger partial charge on any atom is 0.150 e. The van der Waals surface area contributed by atoms with E-state index in [1.54, 1.807) is 6.33 Å². The maximum absolute atomic E-state index is 13.6. The lowest BCUT2D eigenvalue weighted by Gasteiger charge is -2.30. The number of likely N-dealkylation sites (tertiary alicyclic amines) is 1. The summed E-state index contributed by atoms with van der Waals surface area (Å²) in [6.07, 6.45) is 5.86. The van der Waals surface area contributed by atoms with Crippen molar-refractivity contribution in [2.75, 3.05) is 25.5 Å². The molecule has 2 aromatic carbocycles. The molecule has 0 bridgehead atoms. The fourth-order valence-corrected chi connectivity index (χ4v) is 4.34. The summed E-state index contributed by atoms with van der Waals surface area (Å²) >= 11 is 0. The molecule has 0 amide bonds. The predicted molar refractivity (Wildman–Crippen MR) is 123 cm³/mol. The zero-order valence-corrected chi connectivity index (χ0v) is 17.8. The number of hydrogen-bond acceptors (Lipinski definition) is 4. The van der Waals surface area contributed by atoms with Crippen molar-refractivity contribution in [3.8, 4) is 16.8 Å². The number of rotatable bonds is 4. The molecular formula is C25H26FN5. The number of nitrogens with zero attached hydrogens (tertiary/aromatic N) is 4. The number of nitrogens with one attached hydrogen (secondary N) is 1. The highest BCUT2D eigenvalue weighted by atomic mass is 19.1. The molecule has 1 aliphatic rings. The second-order valence-corrected chi connectivity index (χ2v) is 8.40. The van der Waals surface area contributed by atoms with Crippen molar-refractivity contribution in [1.82, 2.24) is 19.4 Å². The quantitative estimate of drug-likeness (QED) is 0.507. The van der Waals surface area contributed by atoms with E-state index in [9.17, 15) is 4.39 Å². The topological polar surface area (TPSA) is 46.0 Å². The molecule has 31 heavy (non-hydrogen) atoms. The van der Waals surface area contributed by atoms with Crippen LogP contribution in [0.15, 0.2) is 61.1 Å². The van der Waals surface area contributed by atoms with Crippen LogP contribution in [0.5, 0.6) is 0 Å². The molecule has 158 valence electrons. The summed E-state index contributed by atoms with van der Waals surface area (Å²) in [5, 5.41) is 4.64. The minimum absolute atomic E-state index is 0.243. The van der Waals surface area contributed by atoms with Gasteiger partial charge in [0.2, 0.25) is 0 Å². The van der Waals surface area contributed by atoms with Gasteiger partial charge >= 0.3 is 0 Å². The molecule has 4 aromatic rings. The minimum atomic E-state index is -0.243. The van der Waals surface area contributed by atoms with Gasteiger partial charge in [-0.2, -0.15) is 0 Å². The average Bonchev–Trinajstić information content (AvgIpc) is 3.17. The normalized spacial score (nSPS) is 15.5. The second-order valence-electron chi connectivity index (χ2n) is 8.40. The number of halogens is 1. The molecular weight excluding hydrogens is 389 g/mol. The molecule has 0 aliphatic carbocycles. The van der Waals surface area contributed by atoms with Crippen molar-refractivity contribution in [1.29, 1.82) is 0 Å². The standard InChI is InChI=1S/C25H26FN5/c1-17-4-3-5-21(14-17)31-15-22(18-6-8-19(26)9-7-18)23-24(27-16-28-25(23)31)29-20-10-12-30(2)13-11-20/h3-9,14-16,20H,10-13H2,1-2H3,(H,27,28,29). The fourth-order valence-electron chi connectivity index (χ4n) is 4.34. The van der Waals surface area contributed by atoms with Crippen molar-refractivity contribution in [3.63, 3.8) is 0 Å². The van der Waals surface area contributed by atoms with Crippen molar-refractivity contribution < 1.29 is 4.39 Å². The van der Waals surface area contributed by atoms with Crippen LogP contribution >= 0.6 is 0 Å². The van der Waals surface area contributed by atoms with E-state index in [1.807, 2.05) is 18.2 Å². The molecule has 0 atom stereocenters. The lowest BCUT2D eigenvalue weighted by atomic mass is 10.0. The van der Waals surface area contributed by atoms with E-state index >= 15 is 0 Å². The van der Waals surface area contributed by atoms with E-state index in [0.717, 1.165) is 59.6 Å². The highest BCUT2D eigenvalue weighted by Crippen LogP contribution is 2.36. The lowest BCUT2D eigenvalue weighted by Crippen LogP contribution is -2.36. The van der Waals surface area contributed by atoms with Gasteiger partial charge in [-0.25, -0.2) is 14.4 Å². The summed E-state index contributed by atoms with van der Waals surface area (Å²) < 4.78 is 15.7. The van der Waals surface area contributed by atoms with E-state index in [4.69, 9.17) is 0 Å². The minimum Gasteiger partial charge on any atom is -0.367 e. The summed E-state index contributed by atoms with van der Waals surface area (Å²) in [7, 11) is 2.16. The fraction of sp³-hybridized carbons (Fsp3) is 0.280. The largest absolute Gasteiger partial charge is 0.367 e. The molecule has 3 heterocycles. The molecule has 1 saturated heterocycles. The van der Waals surface area contributed by atoms with Gasteiger partial charge in [-0.3, -0.25) is 0 Å². The maximum atomic E-state index is 13.6. The summed E-state index contributed by atoms with van der Waals surface area (Å²) in [6.45, 7) is 4.22. The number of aryl methyl sites for hydroxylation is 1. The van der Waals surface area contributed by atoms with Crippen LogP contribution in [0.4, 0.5) is 10.2 Å². The molecule has 0 radical (unpaired) electrons. The molecule has 5 nitrogen and oxygen atoms in total. The van der Waals surface area contributed by atoms with Crippen LogP contribution < -0.4 is 5.32 Å². The van der Waals surface area contributed by atoms with Crippen LogP contribution in [-0.4, -0.2) is 45.6 Å². The van der Waals surface area contributed by atoms with Crippen LogP contribution in [0.25, 0.3) is 27.8 Å². The highest BCUT2D eigenvalue weighted by Gasteiger charge is 2.21. The van der Waals surface area contributed by atoms with Gasteiger partial charge in [0.05, 0.1) is 5.39 Å². The third kappa shape index (κ3) is 3.91. The predicted octanol–water partition coefficient (Wildman–Crippen LogP) is 5.04. The van der Waals surface area contributed by atoms with Gasteiger partial charge < -0.3 is 14.8 Å². The monoisotopic (exact) mass is 415 g/mol. The Bertz CT molecular complexity index is 1210. The summed E-state index contributed by atoms with van der Waals surface area (Å²) in [6, 6.07) is 15.3. The number of benzene rings is 2. The van der Waals surface area contributed by atoms with Gasteiger partial charge in [0.15, 0.2) is 5.65 Å². The number of aromatic nitrogens is 3. The van der Waals surface area contributed by atoms with Crippen LogP contribution in [0.1, 0.15) is 18.4 Å². The SMILES string of the molecule is Cc1cccc(-n2cc(-c3ccc(F)cc3)c3c(NC4CCN(C)CC4)ncnc32)c1. The summed E-state index contributed by atoms with van der Waals surface area (Å²) in [4.78, 5) is 11.6. The van der Waals surface area contributed by atoms with Gasteiger partial charge in [0.25, 0.3) is 0 Å². The highest BCUT2D eigenvalue weighted by molar-refractivity contribution is 6.02. The molecule has 0 saturated carbocycles. The van der Waals surface area contributed by atoms with Gasteiger partial charge in [0, 0.05) is 23.5 Å². The van der Waals surface area contributed by atoms with E-state index in [0.29, 0.717) is 6.04 Å². The Kier molecular flexibility index (Phi) is 5.16. The van der Waals surface area contributed by atoms with E-state index < -0.39 is 0 Å². The first-order chi connectivity index (χ1) is 15.1. The van der Waals surface area contributed by atoms with Crippen molar-refractivity contribution >= 4 is 16.9 Å². The zero-order valence-electron chi connectivity index (χ0n) is 17.8. The summed E-state index contributed by atoms with van der Waals surface area (Å²) in [5.41, 5.74) is 5.01. The Morgan fingerprint density at radius 3 is 2.55 bits per heavy atom. The Morgan fingerprint density at radius 2 is 1.81 bits per heavy atom. The van der Waals surface area contributed by atoms with Crippen molar-refractivity contribution in [2.24, 2.45) is 0 Å². The molecule has 0 unspecified atom stereocenters. The third-order valence-electron chi connectivity index (χ3n) is 6.08. The van der Waals surface area contributed by atoms with Crippen LogP contribution in [0, 0.1) is 12.7 Å². The second kappa shape index (κ2) is 8.12. The molecule has 1 aliphatic heterocycles. The van der Waals surface area contributed by atoms with Gasteiger partial charge in [-0.1, -0.05) is 24.3 Å². The van der Waals surface area contributed by atoms with Crippen molar-refractivity contribution in [3.05, 3.63) is 72.4 Å². The number of piperidine rings is 1.